The third-order valence-corrected chi connectivity index (χ3v) is 4.35. The summed E-state index contributed by atoms with van der Waals surface area (Å²) in [5, 5.41) is 10.2. The van der Waals surface area contributed by atoms with Crippen molar-refractivity contribution in [2.24, 2.45) is 11.7 Å². The molecule has 0 bridgehead atoms. The summed E-state index contributed by atoms with van der Waals surface area (Å²) in [7, 11) is 0. The second-order valence-corrected chi connectivity index (χ2v) is 5.97. The molecule has 1 heterocycles. The molecule has 1 aromatic carbocycles. The van der Waals surface area contributed by atoms with E-state index in [2.05, 4.69) is 11.8 Å². The molecule has 110 valence electrons. The van der Waals surface area contributed by atoms with Crippen molar-refractivity contribution in [2.45, 2.75) is 38.8 Å². The summed E-state index contributed by atoms with van der Waals surface area (Å²) in [4.78, 5) is 13.5. The highest BCUT2D eigenvalue weighted by molar-refractivity contribution is 6.33. The molecule has 1 saturated heterocycles. The van der Waals surface area contributed by atoms with Crippen LogP contribution in [0.5, 0.6) is 0 Å². The molecule has 0 spiro atoms. The highest BCUT2D eigenvalue weighted by Crippen LogP contribution is 2.34. The molecular weight excluding hydrogens is 276 g/mol. The van der Waals surface area contributed by atoms with E-state index in [4.69, 9.17) is 17.3 Å². The number of halogens is 1. The molecule has 1 fully saturated rings. The Kier molecular flexibility index (Phi) is 4.55. The Hall–Kier alpha value is -1.26. The molecule has 2 unspecified atom stereocenters. The first-order chi connectivity index (χ1) is 9.40. The van der Waals surface area contributed by atoms with Crippen LogP contribution in [0, 0.1) is 5.92 Å². The summed E-state index contributed by atoms with van der Waals surface area (Å²) in [6.07, 6.45) is 1.21. The quantitative estimate of drug-likeness (QED) is 0.900. The van der Waals surface area contributed by atoms with E-state index in [0.29, 0.717) is 17.6 Å². The lowest BCUT2D eigenvalue weighted by Crippen LogP contribution is -2.46. The van der Waals surface area contributed by atoms with E-state index in [-0.39, 0.29) is 11.8 Å². The number of anilines is 1. The molecule has 1 aromatic rings. The summed E-state index contributed by atoms with van der Waals surface area (Å²) >= 11 is 6.33. The third kappa shape index (κ3) is 3.07. The number of nitrogens with zero attached hydrogens (tertiary/aromatic N) is 1. The maximum atomic E-state index is 11.4. The zero-order valence-electron chi connectivity index (χ0n) is 11.8. The van der Waals surface area contributed by atoms with Gasteiger partial charge in [-0.15, -0.1) is 0 Å². The first-order valence-electron chi connectivity index (χ1n) is 6.93. The number of aliphatic hydroxyl groups excluding tert-OH is 1. The van der Waals surface area contributed by atoms with Crippen molar-refractivity contribution in [3.8, 4) is 0 Å². The molecule has 0 aromatic heterocycles. The Bertz CT molecular complexity index is 505. The molecule has 3 N–H and O–H groups in total. The van der Waals surface area contributed by atoms with Crippen molar-refractivity contribution in [1.29, 1.82) is 0 Å². The van der Waals surface area contributed by atoms with E-state index in [9.17, 15) is 9.90 Å². The minimum Gasteiger partial charge on any atom is -0.389 e. The average molecular weight is 297 g/mol. The third-order valence-electron chi connectivity index (χ3n) is 4.05. The van der Waals surface area contributed by atoms with Crippen molar-refractivity contribution in [2.75, 3.05) is 11.4 Å². The van der Waals surface area contributed by atoms with Crippen LogP contribution in [-0.2, 0) is 4.79 Å². The Morgan fingerprint density at radius 2 is 2.20 bits per heavy atom. The highest BCUT2D eigenvalue weighted by Gasteiger charge is 2.29. The predicted octanol–water partition coefficient (Wildman–Crippen LogP) is 2.48. The van der Waals surface area contributed by atoms with Crippen molar-refractivity contribution in [3.05, 3.63) is 28.8 Å². The smallest absolute Gasteiger partial charge is 0.222 e. The fourth-order valence-electron chi connectivity index (χ4n) is 2.69. The van der Waals surface area contributed by atoms with Gasteiger partial charge in [0.15, 0.2) is 0 Å². The minimum atomic E-state index is -0.543. The number of hydrogen-bond acceptors (Lipinski definition) is 3. The van der Waals surface area contributed by atoms with Crippen molar-refractivity contribution in [3.63, 3.8) is 0 Å². The van der Waals surface area contributed by atoms with Crippen LogP contribution in [0.25, 0.3) is 0 Å². The van der Waals surface area contributed by atoms with Gasteiger partial charge in [0.1, 0.15) is 0 Å². The number of aliphatic hydroxyl groups is 1. The molecule has 5 heteroatoms. The number of amides is 1. The van der Waals surface area contributed by atoms with Crippen LogP contribution in [-0.4, -0.2) is 23.6 Å². The summed E-state index contributed by atoms with van der Waals surface area (Å²) in [6.45, 7) is 4.43. The number of hydrogen-bond donors (Lipinski definition) is 2. The Morgan fingerprint density at radius 1 is 1.50 bits per heavy atom. The molecular formula is C15H21ClN2O2. The van der Waals surface area contributed by atoms with Crippen LogP contribution in [0.3, 0.4) is 0 Å². The maximum Gasteiger partial charge on any atom is 0.222 e. The summed E-state index contributed by atoms with van der Waals surface area (Å²) in [5.41, 5.74) is 7.11. The standard InChI is InChI=1S/C15H21ClN2O2/c1-9-3-4-12(15(17)20)8-18(9)14-6-5-11(10(2)19)7-13(14)16/h5-7,9-10,12,19H,3-4,8H2,1-2H3,(H2,17,20)/t9?,10-,12?/m0/s1. The number of rotatable bonds is 3. The second kappa shape index (κ2) is 6.02. The molecule has 1 amide bonds. The molecule has 20 heavy (non-hydrogen) atoms. The van der Waals surface area contributed by atoms with Gasteiger partial charge in [0.25, 0.3) is 0 Å². The SMILES string of the molecule is CC1CCC(C(N)=O)CN1c1ccc([C@H](C)O)cc1Cl. The van der Waals surface area contributed by atoms with E-state index in [1.807, 2.05) is 12.1 Å². The van der Waals surface area contributed by atoms with Gasteiger partial charge in [-0.05, 0) is 44.4 Å². The molecule has 1 aliphatic rings. The lowest BCUT2D eigenvalue weighted by atomic mass is 9.92. The monoisotopic (exact) mass is 296 g/mol. The van der Waals surface area contributed by atoms with Crippen LogP contribution in [0.15, 0.2) is 18.2 Å². The average Bonchev–Trinajstić information content (AvgIpc) is 2.39. The number of carbonyl (C=O) groups is 1. The van der Waals surface area contributed by atoms with Crippen molar-refractivity contribution in [1.82, 2.24) is 0 Å². The first-order valence-corrected chi connectivity index (χ1v) is 7.31. The summed E-state index contributed by atoms with van der Waals surface area (Å²) < 4.78 is 0. The number of primary amides is 1. The van der Waals surface area contributed by atoms with Crippen molar-refractivity contribution < 1.29 is 9.90 Å². The van der Waals surface area contributed by atoms with E-state index >= 15 is 0 Å². The van der Waals surface area contributed by atoms with Crippen LogP contribution in [0.4, 0.5) is 5.69 Å². The van der Waals surface area contributed by atoms with Crippen LogP contribution in [0.2, 0.25) is 5.02 Å². The predicted molar refractivity (Wildman–Crippen MR) is 80.8 cm³/mol. The molecule has 0 aliphatic carbocycles. The van der Waals surface area contributed by atoms with Gasteiger partial charge in [-0.1, -0.05) is 17.7 Å². The normalized spacial score (nSPS) is 24.5. The van der Waals surface area contributed by atoms with Crippen LogP contribution < -0.4 is 10.6 Å². The van der Waals surface area contributed by atoms with E-state index in [1.54, 1.807) is 13.0 Å². The van der Waals surface area contributed by atoms with Crippen molar-refractivity contribution >= 4 is 23.2 Å². The Morgan fingerprint density at radius 3 is 2.75 bits per heavy atom. The number of benzene rings is 1. The lowest BCUT2D eigenvalue weighted by molar-refractivity contribution is -0.122. The Balaban J connectivity index is 2.27. The highest BCUT2D eigenvalue weighted by atomic mass is 35.5. The van der Waals surface area contributed by atoms with Crippen LogP contribution >= 0.6 is 11.6 Å². The largest absolute Gasteiger partial charge is 0.389 e. The summed E-state index contributed by atoms with van der Waals surface area (Å²) in [6, 6.07) is 5.87. The number of carbonyl (C=O) groups excluding carboxylic acids is 1. The zero-order valence-corrected chi connectivity index (χ0v) is 12.6. The molecule has 1 aliphatic heterocycles. The molecule has 2 rings (SSSR count). The minimum absolute atomic E-state index is 0.126. The zero-order chi connectivity index (χ0) is 14.9. The maximum absolute atomic E-state index is 11.4. The second-order valence-electron chi connectivity index (χ2n) is 5.56. The summed E-state index contributed by atoms with van der Waals surface area (Å²) in [5.74, 6) is -0.377. The Labute approximate surface area is 124 Å². The van der Waals surface area contributed by atoms with Gasteiger partial charge in [0.2, 0.25) is 5.91 Å². The molecule has 3 atom stereocenters. The van der Waals surface area contributed by atoms with Gasteiger partial charge in [-0.25, -0.2) is 0 Å². The number of piperidine rings is 1. The molecule has 4 nitrogen and oxygen atoms in total. The molecule has 0 saturated carbocycles. The first kappa shape index (κ1) is 15.1. The van der Waals surface area contributed by atoms with E-state index in [1.165, 1.54) is 0 Å². The van der Waals surface area contributed by atoms with Gasteiger partial charge in [0, 0.05) is 12.6 Å². The van der Waals surface area contributed by atoms with E-state index < -0.39 is 6.10 Å². The lowest BCUT2D eigenvalue weighted by Gasteiger charge is -2.39. The van der Waals surface area contributed by atoms with Crippen LogP contribution in [0.1, 0.15) is 38.4 Å². The van der Waals surface area contributed by atoms with Gasteiger partial charge < -0.3 is 15.7 Å². The van der Waals surface area contributed by atoms with E-state index in [0.717, 1.165) is 24.1 Å². The van der Waals surface area contributed by atoms with Gasteiger partial charge in [0.05, 0.1) is 22.7 Å². The molecule has 0 radical (unpaired) electrons. The van der Waals surface area contributed by atoms with Gasteiger partial charge in [-0.2, -0.15) is 0 Å². The fourth-order valence-corrected chi connectivity index (χ4v) is 2.99. The van der Waals surface area contributed by atoms with Gasteiger partial charge >= 0.3 is 0 Å². The number of nitrogens with two attached hydrogens (primary N) is 1. The van der Waals surface area contributed by atoms with Gasteiger partial charge in [-0.3, -0.25) is 4.79 Å². The fraction of sp³-hybridized carbons (Fsp3) is 0.533. The topological polar surface area (TPSA) is 66.6 Å².